The number of amides is 1. The van der Waals surface area contributed by atoms with Gasteiger partial charge in [0.2, 0.25) is 0 Å². The molecule has 0 saturated heterocycles. The zero-order chi connectivity index (χ0) is 15.0. The lowest BCUT2D eigenvalue weighted by Crippen LogP contribution is -2.26. The van der Waals surface area contributed by atoms with E-state index in [2.05, 4.69) is 29.7 Å². The summed E-state index contributed by atoms with van der Waals surface area (Å²) in [6.07, 6.45) is 0.881. The van der Waals surface area contributed by atoms with E-state index in [1.807, 2.05) is 31.2 Å². The van der Waals surface area contributed by atoms with E-state index < -0.39 is 0 Å². The van der Waals surface area contributed by atoms with Gasteiger partial charge in [-0.2, -0.15) is 5.10 Å². The standard InChI is InChI=1S/C15H23N3O2/c1-11(2)9-12(3)17-18-15(19)10-16-13-5-7-14(20-4)8-6-13/h5-8,11,16H,9-10H2,1-4H3,(H,18,19)/b17-12+. The topological polar surface area (TPSA) is 62.7 Å². The van der Waals surface area contributed by atoms with Gasteiger partial charge in [0.05, 0.1) is 13.7 Å². The molecule has 110 valence electrons. The van der Waals surface area contributed by atoms with Gasteiger partial charge in [-0.05, 0) is 43.5 Å². The van der Waals surface area contributed by atoms with Gasteiger partial charge < -0.3 is 10.1 Å². The lowest BCUT2D eigenvalue weighted by Gasteiger charge is -2.07. The highest BCUT2D eigenvalue weighted by molar-refractivity contribution is 5.85. The summed E-state index contributed by atoms with van der Waals surface area (Å²) in [5.41, 5.74) is 4.34. The molecule has 1 aromatic carbocycles. The lowest BCUT2D eigenvalue weighted by atomic mass is 10.1. The van der Waals surface area contributed by atoms with Crippen LogP contribution < -0.4 is 15.5 Å². The van der Waals surface area contributed by atoms with Crippen LogP contribution in [0.2, 0.25) is 0 Å². The van der Waals surface area contributed by atoms with Crippen molar-refractivity contribution in [3.63, 3.8) is 0 Å². The van der Waals surface area contributed by atoms with E-state index in [9.17, 15) is 4.79 Å². The number of hydrazone groups is 1. The summed E-state index contributed by atoms with van der Waals surface area (Å²) in [6, 6.07) is 7.40. The Bertz CT molecular complexity index is 453. The monoisotopic (exact) mass is 277 g/mol. The quantitative estimate of drug-likeness (QED) is 0.595. The molecule has 0 aromatic heterocycles. The van der Waals surface area contributed by atoms with Crippen molar-refractivity contribution in [2.45, 2.75) is 27.2 Å². The van der Waals surface area contributed by atoms with Gasteiger partial charge in [0.25, 0.3) is 5.91 Å². The lowest BCUT2D eigenvalue weighted by molar-refractivity contribution is -0.119. The van der Waals surface area contributed by atoms with Gasteiger partial charge in [0.1, 0.15) is 5.75 Å². The highest BCUT2D eigenvalue weighted by Gasteiger charge is 2.02. The second kappa shape index (κ2) is 8.19. The van der Waals surface area contributed by atoms with Crippen LogP contribution in [0, 0.1) is 5.92 Å². The molecular weight excluding hydrogens is 254 g/mol. The molecule has 0 fully saturated rings. The molecule has 5 nitrogen and oxygen atoms in total. The summed E-state index contributed by atoms with van der Waals surface area (Å²) in [5.74, 6) is 1.16. The summed E-state index contributed by atoms with van der Waals surface area (Å²) >= 11 is 0. The van der Waals surface area contributed by atoms with Crippen molar-refractivity contribution < 1.29 is 9.53 Å². The summed E-state index contributed by atoms with van der Waals surface area (Å²) in [4.78, 5) is 11.6. The van der Waals surface area contributed by atoms with Crippen LogP contribution in [0.15, 0.2) is 29.4 Å². The molecule has 0 aliphatic rings. The van der Waals surface area contributed by atoms with Crippen molar-refractivity contribution in [1.29, 1.82) is 0 Å². The number of nitrogens with zero attached hydrogens (tertiary/aromatic N) is 1. The van der Waals surface area contributed by atoms with Crippen LogP contribution in [-0.4, -0.2) is 25.3 Å². The number of hydrogen-bond acceptors (Lipinski definition) is 4. The molecule has 0 radical (unpaired) electrons. The third kappa shape index (κ3) is 6.22. The molecule has 0 aliphatic carbocycles. The van der Waals surface area contributed by atoms with Gasteiger partial charge >= 0.3 is 0 Å². The molecule has 1 rings (SSSR count). The molecule has 0 aliphatic heterocycles. The van der Waals surface area contributed by atoms with Crippen LogP contribution in [0.5, 0.6) is 5.75 Å². The Kier molecular flexibility index (Phi) is 6.56. The van der Waals surface area contributed by atoms with Crippen LogP contribution in [0.1, 0.15) is 27.2 Å². The Labute approximate surface area is 120 Å². The molecule has 0 bridgehead atoms. The van der Waals surface area contributed by atoms with Crippen LogP contribution in [0.3, 0.4) is 0 Å². The van der Waals surface area contributed by atoms with E-state index >= 15 is 0 Å². The van der Waals surface area contributed by atoms with Crippen LogP contribution >= 0.6 is 0 Å². The molecule has 5 heteroatoms. The Morgan fingerprint density at radius 2 is 1.95 bits per heavy atom. The highest BCUT2D eigenvalue weighted by Crippen LogP contribution is 2.14. The highest BCUT2D eigenvalue weighted by atomic mass is 16.5. The van der Waals surface area contributed by atoms with E-state index in [0.717, 1.165) is 23.6 Å². The third-order valence-corrected chi connectivity index (χ3v) is 2.62. The molecule has 0 atom stereocenters. The number of ether oxygens (including phenoxy) is 1. The van der Waals surface area contributed by atoms with Crippen molar-refractivity contribution in [2.75, 3.05) is 19.0 Å². The van der Waals surface area contributed by atoms with E-state index in [1.54, 1.807) is 7.11 Å². The first kappa shape index (κ1) is 16.0. The molecule has 0 unspecified atom stereocenters. The zero-order valence-electron chi connectivity index (χ0n) is 12.6. The first-order valence-corrected chi connectivity index (χ1v) is 6.71. The molecule has 1 amide bonds. The Hall–Kier alpha value is -2.04. The van der Waals surface area contributed by atoms with Crippen molar-refractivity contribution >= 4 is 17.3 Å². The van der Waals surface area contributed by atoms with Gasteiger partial charge in [-0.3, -0.25) is 4.79 Å². The molecule has 2 N–H and O–H groups in total. The smallest absolute Gasteiger partial charge is 0.259 e. The first-order chi connectivity index (χ1) is 9.51. The first-order valence-electron chi connectivity index (χ1n) is 6.71. The molecule has 0 saturated carbocycles. The van der Waals surface area contributed by atoms with Gasteiger partial charge in [0.15, 0.2) is 0 Å². The van der Waals surface area contributed by atoms with Crippen LogP contribution in [-0.2, 0) is 4.79 Å². The van der Waals surface area contributed by atoms with Gasteiger partial charge in [0, 0.05) is 11.4 Å². The number of carbonyl (C=O) groups excluding carboxylic acids is 1. The fourth-order valence-corrected chi connectivity index (χ4v) is 1.72. The third-order valence-electron chi connectivity index (χ3n) is 2.62. The van der Waals surface area contributed by atoms with E-state index in [0.29, 0.717) is 5.92 Å². The number of nitrogens with one attached hydrogen (secondary N) is 2. The van der Waals surface area contributed by atoms with Crippen LogP contribution in [0.25, 0.3) is 0 Å². The number of anilines is 1. The second-order valence-electron chi connectivity index (χ2n) is 5.06. The predicted molar refractivity (Wildman–Crippen MR) is 82.2 cm³/mol. The minimum Gasteiger partial charge on any atom is -0.497 e. The normalized spacial score (nSPS) is 11.3. The summed E-state index contributed by atoms with van der Waals surface area (Å²) < 4.78 is 5.07. The van der Waals surface area contributed by atoms with Gasteiger partial charge in [-0.25, -0.2) is 5.43 Å². The molecular formula is C15H23N3O2. The zero-order valence-corrected chi connectivity index (χ0v) is 12.6. The fourth-order valence-electron chi connectivity index (χ4n) is 1.72. The van der Waals surface area contributed by atoms with E-state index in [4.69, 9.17) is 4.74 Å². The number of hydrogen-bond donors (Lipinski definition) is 2. The average molecular weight is 277 g/mol. The molecule has 1 aromatic rings. The average Bonchev–Trinajstić information content (AvgIpc) is 2.42. The number of carbonyl (C=O) groups is 1. The summed E-state index contributed by atoms with van der Waals surface area (Å²) in [7, 11) is 1.62. The summed E-state index contributed by atoms with van der Waals surface area (Å²) in [6.45, 7) is 6.33. The number of benzene rings is 1. The molecule has 0 spiro atoms. The van der Waals surface area contributed by atoms with E-state index in [1.165, 1.54) is 0 Å². The molecule has 0 heterocycles. The van der Waals surface area contributed by atoms with Gasteiger partial charge in [-0.1, -0.05) is 13.8 Å². The largest absolute Gasteiger partial charge is 0.497 e. The minimum absolute atomic E-state index is 0.163. The number of methoxy groups -OCH3 is 1. The van der Waals surface area contributed by atoms with Crippen molar-refractivity contribution in [3.8, 4) is 5.75 Å². The summed E-state index contributed by atoms with van der Waals surface area (Å²) in [5, 5.41) is 7.08. The maximum Gasteiger partial charge on any atom is 0.259 e. The van der Waals surface area contributed by atoms with E-state index in [-0.39, 0.29) is 12.5 Å². The Balaban J connectivity index is 2.35. The van der Waals surface area contributed by atoms with Crippen molar-refractivity contribution in [1.82, 2.24) is 5.43 Å². The molecule has 20 heavy (non-hydrogen) atoms. The van der Waals surface area contributed by atoms with Crippen LogP contribution in [0.4, 0.5) is 5.69 Å². The predicted octanol–water partition coefficient (Wildman–Crippen LogP) is 2.65. The Morgan fingerprint density at radius 3 is 2.50 bits per heavy atom. The maximum atomic E-state index is 11.6. The SMILES string of the molecule is COc1ccc(NCC(=O)N/N=C(\C)CC(C)C)cc1. The van der Waals surface area contributed by atoms with Crippen molar-refractivity contribution in [2.24, 2.45) is 11.0 Å². The Morgan fingerprint density at radius 1 is 1.30 bits per heavy atom. The fraction of sp³-hybridized carbons (Fsp3) is 0.467. The van der Waals surface area contributed by atoms with Crippen molar-refractivity contribution in [3.05, 3.63) is 24.3 Å². The maximum absolute atomic E-state index is 11.6. The minimum atomic E-state index is -0.163. The number of rotatable bonds is 7. The second-order valence-corrected chi connectivity index (χ2v) is 5.06. The van der Waals surface area contributed by atoms with Gasteiger partial charge in [-0.15, -0.1) is 0 Å².